The molecule has 3 nitrogen and oxygen atoms in total. The van der Waals surface area contributed by atoms with Crippen molar-refractivity contribution in [1.29, 1.82) is 0 Å². The van der Waals surface area contributed by atoms with E-state index in [2.05, 4.69) is 44.1 Å². The molecule has 0 saturated carbocycles. The van der Waals surface area contributed by atoms with E-state index < -0.39 is 0 Å². The molecule has 1 aromatic heterocycles. The summed E-state index contributed by atoms with van der Waals surface area (Å²) >= 11 is 2.05. The molecule has 0 aliphatic carbocycles. The SMILES string of the molecule is Cc1cc(CNCC(C)C)cnc1N(C)C1CCSC1. The number of anilines is 1. The molecule has 1 atom stereocenters. The fraction of sp³-hybridized carbons (Fsp3) is 0.688. The minimum atomic E-state index is 0.649. The number of aromatic nitrogens is 1. The van der Waals surface area contributed by atoms with Gasteiger partial charge in [0, 0.05) is 31.6 Å². The van der Waals surface area contributed by atoms with Crippen LogP contribution in [0.3, 0.4) is 0 Å². The fourth-order valence-electron chi connectivity index (χ4n) is 2.60. The molecular formula is C16H27N3S. The van der Waals surface area contributed by atoms with Gasteiger partial charge in [-0.05, 0) is 48.8 Å². The monoisotopic (exact) mass is 293 g/mol. The van der Waals surface area contributed by atoms with Crippen LogP contribution in [0.1, 0.15) is 31.4 Å². The van der Waals surface area contributed by atoms with E-state index >= 15 is 0 Å². The first kappa shape index (κ1) is 15.6. The Morgan fingerprint density at radius 1 is 1.50 bits per heavy atom. The van der Waals surface area contributed by atoms with Gasteiger partial charge in [-0.15, -0.1) is 0 Å². The number of nitrogens with one attached hydrogen (secondary N) is 1. The van der Waals surface area contributed by atoms with Gasteiger partial charge in [0.25, 0.3) is 0 Å². The molecule has 1 fully saturated rings. The molecule has 1 N–H and O–H groups in total. The summed E-state index contributed by atoms with van der Waals surface area (Å²) in [5.41, 5.74) is 2.56. The topological polar surface area (TPSA) is 28.2 Å². The molecule has 0 aromatic carbocycles. The minimum Gasteiger partial charge on any atom is -0.356 e. The van der Waals surface area contributed by atoms with E-state index in [0.29, 0.717) is 12.0 Å². The first-order chi connectivity index (χ1) is 9.58. The third-order valence-corrected chi connectivity index (χ3v) is 4.92. The van der Waals surface area contributed by atoms with Gasteiger partial charge in [0.05, 0.1) is 0 Å². The predicted molar refractivity (Wildman–Crippen MR) is 89.7 cm³/mol. The van der Waals surface area contributed by atoms with Crippen molar-refractivity contribution >= 4 is 17.6 Å². The fourth-order valence-corrected chi connectivity index (χ4v) is 3.87. The van der Waals surface area contributed by atoms with Crippen molar-refractivity contribution in [3.63, 3.8) is 0 Å². The van der Waals surface area contributed by atoms with Crippen LogP contribution >= 0.6 is 11.8 Å². The largest absolute Gasteiger partial charge is 0.356 e. The Hall–Kier alpha value is -0.740. The van der Waals surface area contributed by atoms with Crippen molar-refractivity contribution in [3.8, 4) is 0 Å². The summed E-state index contributed by atoms with van der Waals surface area (Å²) in [4.78, 5) is 7.06. The highest BCUT2D eigenvalue weighted by molar-refractivity contribution is 7.99. The molecule has 2 rings (SSSR count). The second-order valence-electron chi connectivity index (χ2n) is 6.14. The summed E-state index contributed by atoms with van der Waals surface area (Å²) in [7, 11) is 2.18. The molecule has 0 amide bonds. The molecule has 4 heteroatoms. The number of pyridine rings is 1. The number of hydrogen-bond acceptors (Lipinski definition) is 4. The molecule has 1 unspecified atom stereocenters. The summed E-state index contributed by atoms with van der Waals surface area (Å²) in [6.07, 6.45) is 3.30. The number of aryl methyl sites for hydroxylation is 1. The second-order valence-corrected chi connectivity index (χ2v) is 7.29. The number of nitrogens with zero attached hydrogens (tertiary/aromatic N) is 2. The van der Waals surface area contributed by atoms with Crippen LogP contribution < -0.4 is 10.2 Å². The van der Waals surface area contributed by atoms with Gasteiger partial charge >= 0.3 is 0 Å². The summed E-state index contributed by atoms with van der Waals surface area (Å²) in [6, 6.07) is 2.92. The highest BCUT2D eigenvalue weighted by atomic mass is 32.2. The van der Waals surface area contributed by atoms with E-state index in [1.165, 1.54) is 29.1 Å². The van der Waals surface area contributed by atoms with Crippen molar-refractivity contribution < 1.29 is 0 Å². The molecule has 112 valence electrons. The maximum Gasteiger partial charge on any atom is 0.131 e. The van der Waals surface area contributed by atoms with E-state index in [9.17, 15) is 0 Å². The summed E-state index contributed by atoms with van der Waals surface area (Å²) in [6.45, 7) is 8.60. The lowest BCUT2D eigenvalue weighted by molar-refractivity contribution is 0.551. The molecule has 1 aliphatic heterocycles. The lowest BCUT2D eigenvalue weighted by Gasteiger charge is -2.26. The predicted octanol–water partition coefficient (Wildman–Crippen LogP) is 3.08. The van der Waals surface area contributed by atoms with Crippen molar-refractivity contribution in [3.05, 3.63) is 23.4 Å². The Morgan fingerprint density at radius 3 is 2.90 bits per heavy atom. The first-order valence-electron chi connectivity index (χ1n) is 7.54. The van der Waals surface area contributed by atoms with Crippen LogP contribution in [0.4, 0.5) is 5.82 Å². The van der Waals surface area contributed by atoms with Gasteiger partial charge in [-0.3, -0.25) is 0 Å². The maximum absolute atomic E-state index is 4.70. The third-order valence-electron chi connectivity index (χ3n) is 3.78. The Balaban J connectivity index is 1.98. The average Bonchev–Trinajstić information content (AvgIpc) is 2.91. The van der Waals surface area contributed by atoms with E-state index in [1.807, 2.05) is 18.0 Å². The lowest BCUT2D eigenvalue weighted by atomic mass is 10.1. The smallest absolute Gasteiger partial charge is 0.131 e. The van der Waals surface area contributed by atoms with Gasteiger partial charge in [0.1, 0.15) is 5.82 Å². The molecule has 0 radical (unpaired) electrons. The van der Waals surface area contributed by atoms with Crippen molar-refractivity contribution in [1.82, 2.24) is 10.3 Å². The zero-order valence-electron chi connectivity index (χ0n) is 13.1. The Bertz CT molecular complexity index is 428. The normalized spacial score (nSPS) is 18.8. The first-order valence-corrected chi connectivity index (χ1v) is 8.70. The standard InChI is InChI=1S/C16H27N3S/c1-12(2)8-17-9-14-7-13(3)16(18-10-14)19(4)15-5-6-20-11-15/h7,10,12,15,17H,5-6,8-9,11H2,1-4H3. The minimum absolute atomic E-state index is 0.649. The van der Waals surface area contributed by atoms with E-state index in [1.54, 1.807) is 0 Å². The van der Waals surface area contributed by atoms with Crippen LogP contribution in [0.25, 0.3) is 0 Å². The molecule has 0 spiro atoms. The molecule has 20 heavy (non-hydrogen) atoms. The highest BCUT2D eigenvalue weighted by Gasteiger charge is 2.22. The van der Waals surface area contributed by atoms with Crippen molar-refractivity contribution in [2.75, 3.05) is 30.0 Å². The van der Waals surface area contributed by atoms with E-state index in [0.717, 1.165) is 18.9 Å². The van der Waals surface area contributed by atoms with Gasteiger partial charge in [0.15, 0.2) is 0 Å². The second kappa shape index (κ2) is 7.32. The van der Waals surface area contributed by atoms with Gasteiger partial charge < -0.3 is 10.2 Å². The number of rotatable bonds is 6. The van der Waals surface area contributed by atoms with E-state index in [-0.39, 0.29) is 0 Å². The van der Waals surface area contributed by atoms with Crippen LogP contribution in [-0.4, -0.2) is 36.1 Å². The third kappa shape index (κ3) is 4.13. The molecule has 1 aromatic rings. The van der Waals surface area contributed by atoms with E-state index in [4.69, 9.17) is 4.98 Å². The molecule has 1 saturated heterocycles. The highest BCUT2D eigenvalue weighted by Crippen LogP contribution is 2.26. The average molecular weight is 293 g/mol. The zero-order valence-corrected chi connectivity index (χ0v) is 14.0. The van der Waals surface area contributed by atoms with Crippen molar-refractivity contribution in [2.24, 2.45) is 5.92 Å². The Kier molecular flexibility index (Phi) is 5.73. The summed E-state index contributed by atoms with van der Waals surface area (Å²) in [5, 5.41) is 3.48. The lowest BCUT2D eigenvalue weighted by Crippen LogP contribution is -2.32. The van der Waals surface area contributed by atoms with Crippen LogP contribution in [-0.2, 0) is 6.54 Å². The van der Waals surface area contributed by atoms with Crippen LogP contribution in [0, 0.1) is 12.8 Å². The maximum atomic E-state index is 4.70. The summed E-state index contributed by atoms with van der Waals surface area (Å²) in [5.74, 6) is 4.35. The number of thioether (sulfide) groups is 1. The molecule has 0 bridgehead atoms. The quantitative estimate of drug-likeness (QED) is 0.872. The van der Waals surface area contributed by atoms with Gasteiger partial charge in [-0.25, -0.2) is 4.98 Å². The Labute approximate surface area is 127 Å². The van der Waals surface area contributed by atoms with Crippen LogP contribution in [0.15, 0.2) is 12.3 Å². The van der Waals surface area contributed by atoms with Gasteiger partial charge in [-0.2, -0.15) is 11.8 Å². The molecule has 1 aliphatic rings. The Morgan fingerprint density at radius 2 is 2.30 bits per heavy atom. The zero-order chi connectivity index (χ0) is 14.5. The molecule has 2 heterocycles. The van der Waals surface area contributed by atoms with Crippen LogP contribution in [0.5, 0.6) is 0 Å². The van der Waals surface area contributed by atoms with Crippen LogP contribution in [0.2, 0.25) is 0 Å². The molecular weight excluding hydrogens is 266 g/mol. The number of hydrogen-bond donors (Lipinski definition) is 1. The van der Waals surface area contributed by atoms with Gasteiger partial charge in [-0.1, -0.05) is 13.8 Å². The van der Waals surface area contributed by atoms with Crippen molar-refractivity contribution in [2.45, 2.75) is 39.8 Å². The summed E-state index contributed by atoms with van der Waals surface area (Å²) < 4.78 is 0. The van der Waals surface area contributed by atoms with Gasteiger partial charge in [0.2, 0.25) is 0 Å².